The van der Waals surface area contributed by atoms with E-state index in [9.17, 15) is 9.59 Å². The van der Waals surface area contributed by atoms with E-state index in [-0.39, 0.29) is 24.2 Å². The van der Waals surface area contributed by atoms with E-state index in [4.69, 9.17) is 20.3 Å². The molecule has 1 aromatic carbocycles. The maximum absolute atomic E-state index is 12.8. The third-order valence-electron chi connectivity index (χ3n) is 4.56. The van der Waals surface area contributed by atoms with Gasteiger partial charge in [-0.25, -0.2) is 0 Å². The summed E-state index contributed by atoms with van der Waals surface area (Å²) in [6, 6.07) is 8.52. The first-order chi connectivity index (χ1) is 12.0. The van der Waals surface area contributed by atoms with E-state index < -0.39 is 29.0 Å². The van der Waals surface area contributed by atoms with Crippen molar-refractivity contribution < 1.29 is 24.2 Å². The van der Waals surface area contributed by atoms with Gasteiger partial charge in [-0.05, 0) is 12.8 Å². The van der Waals surface area contributed by atoms with Crippen LogP contribution >= 0.6 is 24.2 Å². The van der Waals surface area contributed by atoms with E-state index in [1.165, 1.54) is 11.8 Å². The molecule has 3 rings (SSSR count). The number of hydrogen-bond acceptors (Lipinski definition) is 7. The molecule has 2 aliphatic rings. The quantitative estimate of drug-likeness (QED) is 0.503. The normalized spacial score (nSPS) is 25.3. The molecule has 0 amide bonds. The SMILES string of the molecule is Cl.NC(OC(=O)C1NC(CC(=O)O)SC12CCOCC2)c1ccccc1. The molecule has 0 bridgehead atoms. The van der Waals surface area contributed by atoms with Crippen molar-refractivity contribution in [2.24, 2.45) is 5.73 Å². The molecule has 2 heterocycles. The van der Waals surface area contributed by atoms with Gasteiger partial charge >= 0.3 is 11.9 Å². The molecular formula is C17H23ClN2O5S. The highest BCUT2D eigenvalue weighted by molar-refractivity contribution is 8.01. The Morgan fingerprint density at radius 2 is 2.00 bits per heavy atom. The molecule has 4 N–H and O–H groups in total. The second-order valence-electron chi connectivity index (χ2n) is 6.25. The molecule has 1 spiro atoms. The number of benzene rings is 1. The first-order valence-corrected chi connectivity index (χ1v) is 9.12. The summed E-state index contributed by atoms with van der Waals surface area (Å²) in [5.74, 6) is -1.35. The predicted octanol–water partition coefficient (Wildman–Crippen LogP) is 1.66. The van der Waals surface area contributed by atoms with Gasteiger partial charge in [0.25, 0.3) is 0 Å². The number of carbonyl (C=O) groups is 2. The van der Waals surface area contributed by atoms with E-state index in [2.05, 4.69) is 5.32 Å². The Kier molecular flexibility index (Phi) is 7.31. The van der Waals surface area contributed by atoms with Gasteiger partial charge in [0.2, 0.25) is 0 Å². The lowest BCUT2D eigenvalue weighted by Gasteiger charge is -2.36. The third-order valence-corrected chi connectivity index (χ3v) is 6.26. The van der Waals surface area contributed by atoms with Crippen molar-refractivity contribution >= 4 is 36.1 Å². The minimum atomic E-state index is -0.901. The molecule has 0 aliphatic carbocycles. The lowest BCUT2D eigenvalue weighted by molar-refractivity contribution is -0.153. The molecule has 0 aromatic heterocycles. The standard InChI is InChI=1S/C17H22N2O5S.ClH/c18-15(11-4-2-1-3-5-11)24-16(22)14-17(6-8-23-9-7-17)25-12(19-14)10-13(20)21;/h1-5,12,14-15,19H,6-10,18H2,(H,20,21);1H. The lowest BCUT2D eigenvalue weighted by Crippen LogP contribution is -2.51. The molecule has 1 aromatic rings. The summed E-state index contributed by atoms with van der Waals surface area (Å²) >= 11 is 1.51. The lowest BCUT2D eigenvalue weighted by atomic mass is 9.90. The zero-order valence-corrected chi connectivity index (χ0v) is 15.8. The number of carbonyl (C=O) groups excluding carboxylic acids is 1. The van der Waals surface area contributed by atoms with Gasteiger partial charge in [0.15, 0.2) is 6.23 Å². The van der Waals surface area contributed by atoms with Gasteiger partial charge in [0.05, 0.1) is 11.8 Å². The molecule has 0 saturated carbocycles. The molecule has 0 radical (unpaired) electrons. The summed E-state index contributed by atoms with van der Waals surface area (Å²) in [6.45, 7) is 1.09. The number of esters is 1. The summed E-state index contributed by atoms with van der Waals surface area (Å²) in [5, 5.41) is 11.9. The average Bonchev–Trinajstić information content (AvgIpc) is 2.93. The molecule has 26 heavy (non-hydrogen) atoms. The predicted molar refractivity (Wildman–Crippen MR) is 100 cm³/mol. The van der Waals surface area contributed by atoms with Crippen LogP contribution in [0.5, 0.6) is 0 Å². The molecule has 2 aliphatic heterocycles. The van der Waals surface area contributed by atoms with Gasteiger partial charge < -0.3 is 14.6 Å². The summed E-state index contributed by atoms with van der Waals surface area (Å²) in [4.78, 5) is 23.8. The fourth-order valence-electron chi connectivity index (χ4n) is 3.29. The Hall–Kier alpha value is -1.32. The number of carboxylic acid groups (broad SMARTS) is 1. The van der Waals surface area contributed by atoms with Crippen LogP contribution in [0.25, 0.3) is 0 Å². The van der Waals surface area contributed by atoms with Crippen molar-refractivity contribution in [2.45, 2.75) is 41.7 Å². The molecule has 144 valence electrons. The van der Waals surface area contributed by atoms with Gasteiger partial charge in [0, 0.05) is 23.5 Å². The Bertz CT molecular complexity index is 627. The second kappa shape index (κ2) is 9.05. The van der Waals surface area contributed by atoms with E-state index in [0.29, 0.717) is 31.6 Å². The second-order valence-corrected chi connectivity index (χ2v) is 7.87. The summed E-state index contributed by atoms with van der Waals surface area (Å²) < 4.78 is 10.5. The van der Waals surface area contributed by atoms with Gasteiger partial charge in [0.1, 0.15) is 6.04 Å². The fourth-order valence-corrected chi connectivity index (χ4v) is 4.99. The van der Waals surface area contributed by atoms with Crippen LogP contribution in [0.2, 0.25) is 0 Å². The number of carboxylic acids is 1. The van der Waals surface area contributed by atoms with Crippen molar-refractivity contribution in [3.8, 4) is 0 Å². The fraction of sp³-hybridized carbons (Fsp3) is 0.529. The zero-order valence-electron chi connectivity index (χ0n) is 14.1. The number of thioether (sulfide) groups is 1. The van der Waals surface area contributed by atoms with E-state index >= 15 is 0 Å². The van der Waals surface area contributed by atoms with Crippen molar-refractivity contribution in [2.75, 3.05) is 13.2 Å². The Labute approximate surface area is 162 Å². The molecule has 9 heteroatoms. The average molecular weight is 403 g/mol. The highest BCUT2D eigenvalue weighted by atomic mass is 35.5. The summed E-state index contributed by atoms with van der Waals surface area (Å²) in [6.07, 6.45) is 0.431. The topological polar surface area (TPSA) is 111 Å². The Morgan fingerprint density at radius 1 is 1.35 bits per heavy atom. The van der Waals surface area contributed by atoms with E-state index in [1.54, 1.807) is 12.1 Å². The first-order valence-electron chi connectivity index (χ1n) is 8.25. The van der Waals surface area contributed by atoms with Crippen LogP contribution < -0.4 is 11.1 Å². The van der Waals surface area contributed by atoms with Gasteiger partial charge in [-0.2, -0.15) is 0 Å². The van der Waals surface area contributed by atoms with Crippen LogP contribution in [-0.4, -0.2) is 46.4 Å². The summed E-state index contributed by atoms with van der Waals surface area (Å²) in [7, 11) is 0. The minimum Gasteiger partial charge on any atom is -0.481 e. The number of nitrogens with two attached hydrogens (primary N) is 1. The number of nitrogens with one attached hydrogen (secondary N) is 1. The van der Waals surface area contributed by atoms with Crippen molar-refractivity contribution in [1.29, 1.82) is 0 Å². The zero-order chi connectivity index (χ0) is 17.9. The van der Waals surface area contributed by atoms with Crippen LogP contribution in [0.1, 0.15) is 31.1 Å². The number of ether oxygens (including phenoxy) is 2. The van der Waals surface area contributed by atoms with Gasteiger partial charge in [-0.3, -0.25) is 20.6 Å². The maximum atomic E-state index is 12.8. The monoisotopic (exact) mass is 402 g/mol. The third kappa shape index (κ3) is 4.69. The number of rotatable bonds is 5. The minimum absolute atomic E-state index is 0. The smallest absolute Gasteiger partial charge is 0.326 e. The first kappa shape index (κ1) is 21.0. The largest absolute Gasteiger partial charge is 0.481 e. The van der Waals surface area contributed by atoms with Gasteiger partial charge in [-0.1, -0.05) is 30.3 Å². The Balaban J connectivity index is 0.00000243. The summed E-state index contributed by atoms with van der Waals surface area (Å²) in [5.41, 5.74) is 6.71. The Morgan fingerprint density at radius 3 is 2.62 bits per heavy atom. The molecule has 3 atom stereocenters. The van der Waals surface area contributed by atoms with Crippen LogP contribution in [0, 0.1) is 0 Å². The highest BCUT2D eigenvalue weighted by Gasteiger charge is 2.53. The van der Waals surface area contributed by atoms with Crippen molar-refractivity contribution in [1.82, 2.24) is 5.32 Å². The van der Waals surface area contributed by atoms with E-state index in [1.807, 2.05) is 18.2 Å². The number of aliphatic carboxylic acids is 1. The van der Waals surface area contributed by atoms with E-state index in [0.717, 1.165) is 0 Å². The number of hydrogen-bond donors (Lipinski definition) is 3. The molecule has 7 nitrogen and oxygen atoms in total. The molecule has 2 fully saturated rings. The highest BCUT2D eigenvalue weighted by Crippen LogP contribution is 2.46. The maximum Gasteiger partial charge on any atom is 0.326 e. The van der Waals surface area contributed by atoms with Crippen molar-refractivity contribution in [3.63, 3.8) is 0 Å². The number of halogens is 1. The van der Waals surface area contributed by atoms with Gasteiger partial charge in [-0.15, -0.1) is 24.2 Å². The van der Waals surface area contributed by atoms with Crippen LogP contribution in [0.4, 0.5) is 0 Å². The van der Waals surface area contributed by atoms with Crippen LogP contribution in [-0.2, 0) is 19.1 Å². The van der Waals surface area contributed by atoms with Crippen LogP contribution in [0.3, 0.4) is 0 Å². The molecular weight excluding hydrogens is 380 g/mol. The van der Waals surface area contributed by atoms with Crippen LogP contribution in [0.15, 0.2) is 30.3 Å². The molecule has 2 saturated heterocycles. The molecule has 3 unspecified atom stereocenters. The van der Waals surface area contributed by atoms with Crippen molar-refractivity contribution in [3.05, 3.63) is 35.9 Å².